The largest absolute Gasteiger partial charge is 0.394 e. The van der Waals surface area contributed by atoms with Gasteiger partial charge in [0.2, 0.25) is 5.91 Å². The highest BCUT2D eigenvalue weighted by Gasteiger charge is 2.44. The van der Waals surface area contributed by atoms with Crippen LogP contribution in [0.25, 0.3) is 0 Å². The van der Waals surface area contributed by atoms with Gasteiger partial charge in [-0.25, -0.2) is 0 Å². The van der Waals surface area contributed by atoms with Gasteiger partial charge in [0.25, 0.3) is 0 Å². The maximum Gasteiger partial charge on any atom is 0.220 e. The topological polar surface area (TPSA) is 149 Å². The number of rotatable bonds is 34. The molecule has 0 spiro atoms. The summed E-state index contributed by atoms with van der Waals surface area (Å²) >= 11 is 0. The number of carbonyl (C=O) groups excluding carboxylic acids is 1. The van der Waals surface area contributed by atoms with E-state index in [9.17, 15) is 30.3 Å². The molecular formula is C42H79NO8. The molecule has 9 nitrogen and oxygen atoms in total. The van der Waals surface area contributed by atoms with Crippen molar-refractivity contribution in [3.63, 3.8) is 0 Å². The number of nitrogens with one attached hydrogen (secondary N) is 1. The van der Waals surface area contributed by atoms with Crippen LogP contribution in [0.15, 0.2) is 24.3 Å². The second-order valence-electron chi connectivity index (χ2n) is 14.4. The summed E-state index contributed by atoms with van der Waals surface area (Å²) in [4.78, 5) is 12.9. The van der Waals surface area contributed by atoms with Crippen molar-refractivity contribution >= 4 is 5.91 Å². The lowest BCUT2D eigenvalue weighted by Gasteiger charge is -2.40. The number of hydrogen-bond donors (Lipinski definition) is 6. The monoisotopic (exact) mass is 731 g/mol. The van der Waals surface area contributed by atoms with E-state index in [-0.39, 0.29) is 18.9 Å². The van der Waals surface area contributed by atoms with Crippen molar-refractivity contribution in [2.24, 2.45) is 0 Å². The molecule has 1 amide bonds. The van der Waals surface area contributed by atoms with Crippen molar-refractivity contribution in [3.05, 3.63) is 24.3 Å². The van der Waals surface area contributed by atoms with Gasteiger partial charge in [0.05, 0.1) is 25.4 Å². The average molecular weight is 731 g/mol. The van der Waals surface area contributed by atoms with E-state index in [1.807, 2.05) is 6.08 Å². The van der Waals surface area contributed by atoms with Crippen molar-refractivity contribution in [2.75, 3.05) is 13.2 Å². The second kappa shape index (κ2) is 33.3. The predicted molar refractivity (Wildman–Crippen MR) is 207 cm³/mol. The average Bonchev–Trinajstić information content (AvgIpc) is 3.15. The lowest BCUT2D eigenvalue weighted by atomic mass is 9.99. The molecule has 0 aromatic carbocycles. The van der Waals surface area contributed by atoms with Crippen molar-refractivity contribution < 1.29 is 46.7 Å². The summed E-state index contributed by atoms with van der Waals surface area (Å²) in [5, 5.41) is 54.0. The van der Waals surface area contributed by atoms with E-state index in [0.29, 0.717) is 12.8 Å². The lowest BCUT2D eigenvalue weighted by molar-refractivity contribution is -0.302. The summed E-state index contributed by atoms with van der Waals surface area (Å²) in [6.45, 7) is -1.17. The van der Waals surface area contributed by atoms with Crippen molar-refractivity contribution in [2.45, 2.75) is 224 Å². The summed E-state index contributed by atoms with van der Waals surface area (Å²) in [5.74, 6) is -0.228. The number of carbonyl (C=O) groups is 1. The van der Waals surface area contributed by atoms with Crippen LogP contribution in [0.4, 0.5) is 0 Å². The molecule has 51 heavy (non-hydrogen) atoms. The Morgan fingerprint density at radius 2 is 1.25 bits per heavy atom. The number of unbranched alkanes of at least 4 members (excludes halogenated alkanes) is 20. The first kappa shape index (κ1) is 39.4. The fraction of sp³-hybridized carbons (Fsp3) is 0.881. The molecule has 1 rings (SSSR count). The van der Waals surface area contributed by atoms with Gasteiger partial charge in [-0.05, 0) is 44.9 Å². The van der Waals surface area contributed by atoms with E-state index in [2.05, 4.69) is 24.4 Å². The smallest absolute Gasteiger partial charge is 0.220 e. The lowest BCUT2D eigenvalue weighted by Crippen LogP contribution is -2.60. The fourth-order valence-electron chi connectivity index (χ4n) is 6.35. The molecule has 5 unspecified atom stereocenters. The van der Waals surface area contributed by atoms with Gasteiger partial charge in [-0.15, -0.1) is 0 Å². The van der Waals surface area contributed by atoms with Crippen LogP contribution < -0.4 is 5.32 Å². The zero-order valence-corrected chi connectivity index (χ0v) is 31.9. The Labute approximate surface area is 318 Å². The molecule has 1 heterocycles. The second-order valence-corrected chi connectivity index (χ2v) is 14.4. The maximum absolute atomic E-state index is 12.9. The van der Waals surface area contributed by atoms with Crippen LogP contribution in [0.5, 0.6) is 0 Å². The van der Waals surface area contributed by atoms with Gasteiger partial charge in [0, 0.05) is 13.3 Å². The zero-order valence-electron chi connectivity index (χ0n) is 36.9. The quantitative estimate of drug-likeness (QED) is 0.0289. The van der Waals surface area contributed by atoms with Crippen LogP contribution in [0.1, 0.15) is 188 Å². The Hall–Kier alpha value is -1.33. The van der Waals surface area contributed by atoms with Crippen molar-refractivity contribution in [3.8, 4) is 0 Å². The molecule has 7 atom stereocenters. The van der Waals surface area contributed by atoms with Crippen LogP contribution in [-0.2, 0) is 14.3 Å². The standard InChI is InChI=1S/C42H79NO8/c1-3-5-7-9-11-13-15-17-18-20-22-24-26-28-30-32-38(46)43-35(34-50-42-41(49)40(48)39(47)37(33-44)51-42)36(45)31-29-27-25-23-21-19-16-14-12-10-8-6-4-2/h17-18,29,31,35-37,39-42,44-45,47-49H,3-16,19-28,30,32-34H2,1-2H3,(H,43,46)/b18-17-,31-29+/t35-,36+,37?,39?,40?,41?,42?/m0/s1/i2D3,4D2. The van der Waals surface area contributed by atoms with Gasteiger partial charge in [-0.1, -0.05) is 154 Å². The first-order valence-electron chi connectivity index (χ1n) is 23.0. The molecule has 1 fully saturated rings. The first-order chi connectivity index (χ1) is 26.7. The molecule has 1 saturated heterocycles. The maximum atomic E-state index is 12.9. The zero-order chi connectivity index (χ0) is 41.7. The molecule has 1 aliphatic heterocycles. The van der Waals surface area contributed by atoms with Crippen LogP contribution in [0.3, 0.4) is 0 Å². The number of amides is 1. The highest BCUT2D eigenvalue weighted by Crippen LogP contribution is 2.22. The number of aliphatic hydroxyl groups is 5. The van der Waals surface area contributed by atoms with Gasteiger partial charge in [-0.3, -0.25) is 4.79 Å². The summed E-state index contributed by atoms with van der Waals surface area (Å²) in [7, 11) is 0. The Morgan fingerprint density at radius 3 is 1.80 bits per heavy atom. The Kier molecular flexibility index (Phi) is 25.7. The van der Waals surface area contributed by atoms with E-state index in [0.717, 1.165) is 103 Å². The van der Waals surface area contributed by atoms with Crippen LogP contribution in [0.2, 0.25) is 0 Å². The number of hydrogen-bond acceptors (Lipinski definition) is 8. The van der Waals surface area contributed by atoms with Crippen molar-refractivity contribution in [1.82, 2.24) is 5.32 Å². The van der Waals surface area contributed by atoms with E-state index >= 15 is 0 Å². The first-order valence-corrected chi connectivity index (χ1v) is 20.5. The minimum atomic E-state index is -2.58. The number of allylic oxidation sites excluding steroid dienone is 3. The molecule has 300 valence electrons. The third-order valence-electron chi connectivity index (χ3n) is 9.72. The van der Waals surface area contributed by atoms with Gasteiger partial charge < -0.3 is 40.3 Å². The molecule has 0 aromatic heterocycles. The van der Waals surface area contributed by atoms with Gasteiger partial charge in [0.1, 0.15) is 24.4 Å². The van der Waals surface area contributed by atoms with Gasteiger partial charge in [0.15, 0.2) is 6.29 Å². The Bertz CT molecular complexity index is 1030. The molecule has 0 bridgehead atoms. The van der Waals surface area contributed by atoms with Crippen LogP contribution in [-0.4, -0.2) is 87.5 Å². The summed E-state index contributed by atoms with van der Waals surface area (Å²) < 4.78 is 48.4. The van der Waals surface area contributed by atoms with Gasteiger partial charge in [-0.2, -0.15) is 0 Å². The van der Waals surface area contributed by atoms with E-state index < -0.39 is 62.7 Å². The van der Waals surface area contributed by atoms with Crippen molar-refractivity contribution in [1.29, 1.82) is 0 Å². The Morgan fingerprint density at radius 1 is 0.745 bits per heavy atom. The molecular weight excluding hydrogens is 646 g/mol. The van der Waals surface area contributed by atoms with Gasteiger partial charge >= 0.3 is 0 Å². The normalized spacial score (nSPS) is 24.2. The molecule has 0 aromatic rings. The molecule has 9 heteroatoms. The predicted octanol–water partition coefficient (Wildman–Crippen LogP) is 7.94. The fourth-order valence-corrected chi connectivity index (χ4v) is 6.35. The third-order valence-corrected chi connectivity index (χ3v) is 9.72. The third kappa shape index (κ3) is 24.6. The highest BCUT2D eigenvalue weighted by molar-refractivity contribution is 5.76. The molecule has 0 radical (unpaired) electrons. The number of aliphatic hydroxyl groups excluding tert-OH is 5. The van der Waals surface area contributed by atoms with Crippen LogP contribution in [0, 0.1) is 0 Å². The van der Waals surface area contributed by atoms with E-state index in [1.54, 1.807) is 6.08 Å². The van der Waals surface area contributed by atoms with E-state index in [4.69, 9.17) is 16.3 Å². The summed E-state index contributed by atoms with van der Waals surface area (Å²) in [6.07, 6.45) is 22.4. The Balaban J connectivity index is 2.42. The van der Waals surface area contributed by atoms with Crippen LogP contribution >= 0.6 is 0 Å². The minimum absolute atomic E-state index is 0.0577. The molecule has 0 saturated carbocycles. The molecule has 6 N–H and O–H groups in total. The molecule has 0 aliphatic carbocycles. The summed E-state index contributed by atoms with van der Waals surface area (Å²) in [5.41, 5.74) is 0. The minimum Gasteiger partial charge on any atom is -0.394 e. The number of ether oxygens (including phenoxy) is 2. The highest BCUT2D eigenvalue weighted by atomic mass is 16.7. The van der Waals surface area contributed by atoms with E-state index in [1.165, 1.54) is 38.5 Å². The molecule has 1 aliphatic rings. The summed E-state index contributed by atoms with van der Waals surface area (Å²) in [6, 6.07) is -0.860. The SMILES string of the molecule is [2H]C([2H])([2H])C([2H])([2H])CCCCCCCCCCC/C=C/[C@@H](O)[C@H](COC1OC(CO)C(O)C(O)C1O)NC(=O)CCCCCCC/C=C\CCCCCCCC.